The van der Waals surface area contributed by atoms with E-state index >= 15 is 0 Å². The number of ether oxygens (including phenoxy) is 2. The molecule has 1 N–H and O–H groups in total. The number of methoxy groups -OCH3 is 1. The standard InChI is InChI=1S/C40H46F3N5O6S/c1-22(2)55(51,52)45-38(49)26-12-14-31-32(18-26)48-21-28(16-27-17-29(53-6)13-15-30(27)36(48)33(31)25-10-8-7-9-11-25)35-34(37(40(41,42)43)44-46(35)5)39(50)47-19-23(3)54-24(4)20-47/h12-18,22-25H,7-11,19-21H2,1-6H3,(H,45,49)/t23-,24+. The fourth-order valence-electron chi connectivity index (χ4n) is 8.43. The third-order valence-corrected chi connectivity index (χ3v) is 12.7. The molecule has 1 aliphatic carbocycles. The van der Waals surface area contributed by atoms with E-state index < -0.39 is 44.5 Å². The van der Waals surface area contributed by atoms with Crippen molar-refractivity contribution in [1.29, 1.82) is 0 Å². The van der Waals surface area contributed by atoms with E-state index in [1.54, 1.807) is 32.1 Å². The molecule has 2 amide bonds. The van der Waals surface area contributed by atoms with Crippen LogP contribution in [-0.4, -0.2) is 77.1 Å². The summed E-state index contributed by atoms with van der Waals surface area (Å²) < 4.78 is 86.7. The minimum Gasteiger partial charge on any atom is -0.497 e. The number of morpholine rings is 1. The molecule has 294 valence electrons. The third kappa shape index (κ3) is 7.16. The van der Waals surface area contributed by atoms with Gasteiger partial charge in [-0.2, -0.15) is 18.3 Å². The zero-order chi connectivity index (χ0) is 39.6. The monoisotopic (exact) mass is 781 g/mol. The first-order valence-corrected chi connectivity index (χ1v) is 20.2. The Morgan fingerprint density at radius 1 is 1.00 bits per heavy atom. The summed E-state index contributed by atoms with van der Waals surface area (Å²) in [6, 6.07) is 10.7. The van der Waals surface area contributed by atoms with Gasteiger partial charge in [0.25, 0.3) is 11.8 Å². The van der Waals surface area contributed by atoms with Crippen molar-refractivity contribution in [2.75, 3.05) is 20.2 Å². The van der Waals surface area contributed by atoms with Gasteiger partial charge in [-0.15, -0.1) is 0 Å². The van der Waals surface area contributed by atoms with Crippen molar-refractivity contribution in [1.82, 2.24) is 24.0 Å². The third-order valence-electron chi connectivity index (χ3n) is 10.9. The summed E-state index contributed by atoms with van der Waals surface area (Å²) in [7, 11) is -0.996. The normalized spacial score (nSPS) is 19.5. The molecule has 4 aromatic rings. The highest BCUT2D eigenvalue weighted by Crippen LogP contribution is 2.48. The highest BCUT2D eigenvalue weighted by atomic mass is 32.2. The molecule has 0 bridgehead atoms. The van der Waals surface area contributed by atoms with Crippen LogP contribution in [-0.2, 0) is 34.5 Å². The Balaban J connectivity index is 1.49. The largest absolute Gasteiger partial charge is 0.497 e. The van der Waals surface area contributed by atoms with Crippen molar-refractivity contribution in [3.05, 3.63) is 70.0 Å². The van der Waals surface area contributed by atoms with E-state index in [0.29, 0.717) is 22.4 Å². The van der Waals surface area contributed by atoms with Crippen molar-refractivity contribution in [2.24, 2.45) is 7.05 Å². The molecule has 0 radical (unpaired) electrons. The molecule has 2 fully saturated rings. The molecule has 55 heavy (non-hydrogen) atoms. The fraction of sp³-hybridized carbons (Fsp3) is 0.475. The molecule has 1 saturated heterocycles. The minimum absolute atomic E-state index is 0.0118. The molecule has 11 nitrogen and oxygen atoms in total. The van der Waals surface area contributed by atoms with Crippen molar-refractivity contribution >= 4 is 44.4 Å². The number of hydrogen-bond donors (Lipinski definition) is 1. The molecule has 2 aromatic heterocycles. The zero-order valence-electron chi connectivity index (χ0n) is 31.8. The van der Waals surface area contributed by atoms with Crippen molar-refractivity contribution in [3.8, 4) is 17.0 Å². The molecule has 0 spiro atoms. The highest BCUT2D eigenvalue weighted by molar-refractivity contribution is 7.90. The van der Waals surface area contributed by atoms with E-state index in [9.17, 15) is 31.2 Å². The second-order valence-electron chi connectivity index (χ2n) is 15.2. The van der Waals surface area contributed by atoms with Gasteiger partial charge in [0, 0.05) is 42.2 Å². The lowest BCUT2D eigenvalue weighted by Crippen LogP contribution is -2.48. The predicted molar refractivity (Wildman–Crippen MR) is 203 cm³/mol. The van der Waals surface area contributed by atoms with E-state index in [1.807, 2.05) is 28.8 Å². The number of aryl methyl sites for hydroxylation is 1. The Morgan fingerprint density at radius 3 is 2.33 bits per heavy atom. The second-order valence-corrected chi connectivity index (χ2v) is 17.5. The number of aromatic nitrogens is 3. The van der Waals surface area contributed by atoms with Crippen LogP contribution in [0.4, 0.5) is 13.2 Å². The van der Waals surface area contributed by atoms with Crippen molar-refractivity contribution < 1.29 is 40.7 Å². The van der Waals surface area contributed by atoms with Gasteiger partial charge in [-0.3, -0.25) is 14.3 Å². The maximum atomic E-state index is 14.9. The van der Waals surface area contributed by atoms with Gasteiger partial charge in [0.1, 0.15) is 5.75 Å². The molecule has 0 unspecified atom stereocenters. The van der Waals surface area contributed by atoms with E-state index in [2.05, 4.69) is 9.82 Å². The Bertz CT molecular complexity index is 2310. The minimum atomic E-state index is -4.94. The first-order chi connectivity index (χ1) is 26.0. The number of fused-ring (bicyclic) bond motifs is 5. The number of allylic oxidation sites excluding steroid dienone is 1. The van der Waals surface area contributed by atoms with Crippen LogP contribution in [0.5, 0.6) is 5.75 Å². The number of sulfonamides is 1. The summed E-state index contributed by atoms with van der Waals surface area (Å²) in [4.78, 5) is 29.3. The van der Waals surface area contributed by atoms with Crippen LogP contribution < -0.4 is 9.46 Å². The average Bonchev–Trinajstić information content (AvgIpc) is 3.59. The number of halogens is 3. The van der Waals surface area contributed by atoms with Crippen LogP contribution in [0, 0.1) is 0 Å². The fourth-order valence-corrected chi connectivity index (χ4v) is 9.04. The van der Waals surface area contributed by atoms with Gasteiger partial charge in [0.2, 0.25) is 10.0 Å². The second kappa shape index (κ2) is 14.5. The van der Waals surface area contributed by atoms with E-state index in [-0.39, 0.29) is 49.0 Å². The van der Waals surface area contributed by atoms with Crippen molar-refractivity contribution in [3.63, 3.8) is 0 Å². The maximum absolute atomic E-state index is 14.9. The topological polar surface area (TPSA) is 125 Å². The molecular weight excluding hydrogens is 736 g/mol. The molecular formula is C40H46F3N5O6S. The summed E-state index contributed by atoms with van der Waals surface area (Å²) in [6.07, 6.45) is 1.13. The van der Waals surface area contributed by atoms with Gasteiger partial charge in [0.15, 0.2) is 5.69 Å². The number of carbonyl (C=O) groups excluding carboxylic acids is 2. The number of nitrogens with zero attached hydrogens (tertiary/aromatic N) is 4. The molecule has 3 aliphatic rings. The van der Waals surface area contributed by atoms with Crippen LogP contribution in [0.25, 0.3) is 33.8 Å². The van der Waals surface area contributed by atoms with Crippen LogP contribution in [0.1, 0.15) is 109 Å². The lowest BCUT2D eigenvalue weighted by molar-refractivity contribution is -0.141. The van der Waals surface area contributed by atoms with Crippen LogP contribution in [0.2, 0.25) is 0 Å². The summed E-state index contributed by atoms with van der Waals surface area (Å²) in [6.45, 7) is 6.74. The number of alkyl halides is 3. The number of carbonyl (C=O) groups is 2. The Kier molecular flexibility index (Phi) is 10.2. The molecule has 4 heterocycles. The Labute approximate surface area is 318 Å². The Hall–Kier alpha value is -4.63. The molecule has 2 atom stereocenters. The Morgan fingerprint density at radius 2 is 1.69 bits per heavy atom. The number of rotatable bonds is 7. The number of hydrogen-bond acceptors (Lipinski definition) is 7. The quantitative estimate of drug-likeness (QED) is 0.208. The zero-order valence-corrected chi connectivity index (χ0v) is 32.6. The summed E-state index contributed by atoms with van der Waals surface area (Å²) in [5.74, 6) is -0.888. The lowest BCUT2D eigenvalue weighted by Gasteiger charge is -2.35. The number of amides is 2. The van der Waals surface area contributed by atoms with Gasteiger partial charge in [-0.25, -0.2) is 13.1 Å². The molecule has 7 rings (SSSR count). The lowest BCUT2D eigenvalue weighted by atomic mass is 9.81. The van der Waals surface area contributed by atoms with Gasteiger partial charge in [0.05, 0.1) is 48.1 Å². The number of nitrogens with one attached hydrogen (secondary N) is 1. The van der Waals surface area contributed by atoms with Gasteiger partial charge in [-0.05, 0) is 99.6 Å². The summed E-state index contributed by atoms with van der Waals surface area (Å²) in [5, 5.41) is 3.96. The van der Waals surface area contributed by atoms with E-state index in [4.69, 9.17) is 9.47 Å². The summed E-state index contributed by atoms with van der Waals surface area (Å²) >= 11 is 0. The maximum Gasteiger partial charge on any atom is 0.435 e. The van der Waals surface area contributed by atoms with Crippen LogP contribution in [0.15, 0.2) is 36.4 Å². The highest BCUT2D eigenvalue weighted by Gasteiger charge is 2.44. The average molecular weight is 782 g/mol. The van der Waals surface area contributed by atoms with E-state index in [0.717, 1.165) is 59.0 Å². The van der Waals surface area contributed by atoms with E-state index in [1.165, 1.54) is 32.9 Å². The first kappa shape index (κ1) is 38.6. The smallest absolute Gasteiger partial charge is 0.435 e. The molecule has 1 saturated carbocycles. The predicted octanol–water partition coefficient (Wildman–Crippen LogP) is 7.39. The SMILES string of the molecule is COc1ccc2c(c1)C=C(c1c(C(=O)N3C[C@@H](C)O[C@@H](C)C3)c(C(F)(F)F)nn1C)Cn1c-2c(C2CCCCC2)c2ccc(C(=O)NS(=O)(=O)C(C)C)cc21. The van der Waals surface area contributed by atoms with Gasteiger partial charge in [-0.1, -0.05) is 25.3 Å². The molecule has 2 aliphatic heterocycles. The van der Waals surface area contributed by atoms with Crippen LogP contribution >= 0.6 is 0 Å². The van der Waals surface area contributed by atoms with Gasteiger partial charge >= 0.3 is 6.18 Å². The van der Waals surface area contributed by atoms with Gasteiger partial charge < -0.3 is 18.9 Å². The van der Waals surface area contributed by atoms with Crippen molar-refractivity contribution in [2.45, 2.75) is 95.9 Å². The molecule has 2 aromatic carbocycles. The molecule has 15 heteroatoms. The summed E-state index contributed by atoms with van der Waals surface area (Å²) in [5.41, 5.74) is 2.71. The van der Waals surface area contributed by atoms with Crippen LogP contribution in [0.3, 0.4) is 0 Å². The first-order valence-electron chi connectivity index (χ1n) is 18.7. The number of benzene rings is 2.